The van der Waals surface area contributed by atoms with Crippen LogP contribution in [0.25, 0.3) is 0 Å². The van der Waals surface area contributed by atoms with Crippen molar-refractivity contribution in [2.45, 2.75) is 127 Å². The second kappa shape index (κ2) is 12.8. The molecule has 4 aliphatic carbocycles. The molecule has 3 fully saturated rings. The molecular formula is C34H47F5O3S. The Balaban J connectivity index is 1.05. The number of alkyl halides is 5. The first-order chi connectivity index (χ1) is 20.3. The Morgan fingerprint density at radius 3 is 2.23 bits per heavy atom. The van der Waals surface area contributed by atoms with Crippen molar-refractivity contribution in [2.75, 3.05) is 11.5 Å². The minimum absolute atomic E-state index is 0.0318. The molecule has 6 atom stereocenters. The number of hydrogen-bond acceptors (Lipinski definition) is 4. The van der Waals surface area contributed by atoms with Gasteiger partial charge >= 0.3 is 12.1 Å². The molecule has 0 saturated heterocycles. The van der Waals surface area contributed by atoms with Gasteiger partial charge in [-0.1, -0.05) is 51.5 Å². The van der Waals surface area contributed by atoms with E-state index in [1.54, 1.807) is 12.1 Å². The second-order valence-corrected chi connectivity index (χ2v) is 15.3. The van der Waals surface area contributed by atoms with Crippen LogP contribution in [0, 0.1) is 28.6 Å². The van der Waals surface area contributed by atoms with Gasteiger partial charge in [0.15, 0.2) is 0 Å². The molecule has 1 spiro atoms. The van der Waals surface area contributed by atoms with Crippen LogP contribution < -0.4 is 0 Å². The van der Waals surface area contributed by atoms with Crippen LogP contribution in [0.4, 0.5) is 22.0 Å². The lowest BCUT2D eigenvalue weighted by molar-refractivity contribution is -0.284. The normalized spacial score (nSPS) is 31.1. The zero-order valence-corrected chi connectivity index (χ0v) is 26.1. The number of Topliss-reactive ketones (excluding diaryl/α,β-unsaturated/α-hetero) is 1. The number of phenols is 1. The fourth-order valence-corrected chi connectivity index (χ4v) is 10.2. The van der Waals surface area contributed by atoms with Gasteiger partial charge in [-0.05, 0) is 109 Å². The van der Waals surface area contributed by atoms with E-state index in [0.29, 0.717) is 29.8 Å². The van der Waals surface area contributed by atoms with Crippen molar-refractivity contribution in [1.29, 1.82) is 0 Å². The molecule has 0 aromatic heterocycles. The Labute approximate surface area is 256 Å². The maximum atomic E-state index is 13.3. The number of unbranched alkanes of at least 4 members (excludes halogenated alkanes) is 6. The lowest BCUT2D eigenvalue weighted by atomic mass is 9.50. The summed E-state index contributed by atoms with van der Waals surface area (Å²) >= 11 is 1.45. The Morgan fingerprint density at radius 1 is 0.907 bits per heavy atom. The standard InChI is InChI=1S/C34H47F5O3S/c1-31-15-13-24-23-12-11-22(40)20-26(23)30(42)25(29(24)27(31)21-28(41)32(31)16-17-32)10-7-5-3-2-4-6-8-18-43-19-9-14-33(35,36)34(37,38)39/h11-12,20,24-25,27,29-30,40,42H,2-10,13-19,21H2,1H3/t24?,25-,27?,29?,30-,31-/m0/s1. The first-order valence-corrected chi connectivity index (χ1v) is 17.5. The maximum absolute atomic E-state index is 13.3. The third kappa shape index (κ3) is 6.37. The lowest BCUT2D eigenvalue weighted by Crippen LogP contribution is -2.47. The summed E-state index contributed by atoms with van der Waals surface area (Å²) in [6.45, 7) is 2.35. The predicted molar refractivity (Wildman–Crippen MR) is 159 cm³/mol. The Hall–Kier alpha value is -1.35. The smallest absolute Gasteiger partial charge is 0.453 e. The number of carbonyl (C=O) groups is 1. The van der Waals surface area contributed by atoms with Crippen molar-refractivity contribution in [3.05, 3.63) is 29.3 Å². The Morgan fingerprint density at radius 2 is 1.56 bits per heavy atom. The Kier molecular flexibility index (Phi) is 9.83. The number of benzene rings is 1. The predicted octanol–water partition coefficient (Wildman–Crippen LogP) is 9.76. The van der Waals surface area contributed by atoms with Crippen LogP contribution >= 0.6 is 11.8 Å². The highest BCUT2D eigenvalue weighted by atomic mass is 32.2. The van der Waals surface area contributed by atoms with Gasteiger partial charge in [0.1, 0.15) is 11.5 Å². The van der Waals surface area contributed by atoms with Crippen molar-refractivity contribution < 1.29 is 37.0 Å². The molecule has 0 radical (unpaired) electrons. The highest BCUT2D eigenvalue weighted by Crippen LogP contribution is 2.75. The van der Waals surface area contributed by atoms with Crippen molar-refractivity contribution in [3.8, 4) is 5.75 Å². The first-order valence-electron chi connectivity index (χ1n) is 16.4. The molecule has 3 unspecified atom stereocenters. The lowest BCUT2D eigenvalue weighted by Gasteiger charge is -2.54. The Bertz CT molecular complexity index is 1140. The zero-order chi connectivity index (χ0) is 31.0. The fourth-order valence-electron chi connectivity index (χ4n) is 9.20. The molecular weight excluding hydrogens is 583 g/mol. The summed E-state index contributed by atoms with van der Waals surface area (Å²) < 4.78 is 62.6. The van der Waals surface area contributed by atoms with Crippen LogP contribution in [0.5, 0.6) is 5.75 Å². The van der Waals surface area contributed by atoms with Crippen LogP contribution in [-0.4, -0.2) is 39.6 Å². The minimum Gasteiger partial charge on any atom is -0.508 e. The highest BCUT2D eigenvalue weighted by molar-refractivity contribution is 7.99. The molecule has 0 bridgehead atoms. The van der Waals surface area contributed by atoms with Crippen molar-refractivity contribution in [3.63, 3.8) is 0 Å². The van der Waals surface area contributed by atoms with Gasteiger partial charge in [0.2, 0.25) is 0 Å². The maximum Gasteiger partial charge on any atom is 0.453 e. The van der Waals surface area contributed by atoms with Crippen LogP contribution in [0.15, 0.2) is 18.2 Å². The summed E-state index contributed by atoms with van der Waals surface area (Å²) in [5.74, 6) is -1.86. The molecule has 9 heteroatoms. The van der Waals surface area contributed by atoms with Gasteiger partial charge in [-0.25, -0.2) is 0 Å². The number of fused-ring (bicyclic) bond motifs is 6. The minimum atomic E-state index is -5.46. The van der Waals surface area contributed by atoms with E-state index in [4.69, 9.17) is 0 Å². The molecule has 0 amide bonds. The number of aliphatic hydroxyl groups is 1. The molecule has 242 valence electrons. The van der Waals surface area contributed by atoms with Crippen molar-refractivity contribution in [1.82, 2.24) is 0 Å². The number of halogens is 5. The van der Waals surface area contributed by atoms with Gasteiger partial charge in [-0.15, -0.1) is 0 Å². The van der Waals surface area contributed by atoms with Gasteiger partial charge in [-0.3, -0.25) is 4.79 Å². The third-order valence-electron chi connectivity index (χ3n) is 11.7. The summed E-state index contributed by atoms with van der Waals surface area (Å²) in [5, 5.41) is 21.9. The number of aliphatic hydroxyl groups excluding tert-OH is 1. The largest absolute Gasteiger partial charge is 0.508 e. The summed E-state index contributed by atoms with van der Waals surface area (Å²) in [5.41, 5.74) is 1.94. The molecule has 2 N–H and O–H groups in total. The summed E-state index contributed by atoms with van der Waals surface area (Å²) in [6.07, 6.45) is 5.61. The molecule has 1 aromatic carbocycles. The quantitative estimate of drug-likeness (QED) is 0.159. The number of carbonyl (C=O) groups excluding carboxylic acids is 1. The zero-order valence-electron chi connectivity index (χ0n) is 25.2. The van der Waals surface area contributed by atoms with Crippen LogP contribution in [0.2, 0.25) is 0 Å². The summed E-state index contributed by atoms with van der Waals surface area (Å²) in [6, 6.07) is 5.48. The van der Waals surface area contributed by atoms with E-state index in [0.717, 1.165) is 93.9 Å². The molecule has 43 heavy (non-hydrogen) atoms. The average Bonchev–Trinajstić information content (AvgIpc) is 3.73. The summed E-state index contributed by atoms with van der Waals surface area (Å²) in [7, 11) is 0. The van der Waals surface area contributed by atoms with Gasteiger partial charge in [0.25, 0.3) is 0 Å². The first kappa shape index (κ1) is 33.0. The number of rotatable bonds is 14. The average molecular weight is 631 g/mol. The number of hydrogen-bond donors (Lipinski definition) is 2. The molecule has 1 aromatic rings. The van der Waals surface area contributed by atoms with Crippen LogP contribution in [0.3, 0.4) is 0 Å². The SMILES string of the molecule is C[C@]12CCC3c4ccc(O)cc4[C@@H](O)[C@@H](CCCCCCCCCSCCCC(F)(F)C(F)(F)F)C3C1CC(=O)C21CC1. The van der Waals surface area contributed by atoms with Crippen molar-refractivity contribution in [2.24, 2.45) is 28.6 Å². The van der Waals surface area contributed by atoms with E-state index >= 15 is 0 Å². The number of aromatic hydroxyl groups is 1. The fraction of sp³-hybridized carbons (Fsp3) is 0.794. The number of ketones is 1. The van der Waals surface area contributed by atoms with Gasteiger partial charge in [0, 0.05) is 18.3 Å². The van der Waals surface area contributed by atoms with Crippen molar-refractivity contribution >= 4 is 17.5 Å². The molecule has 0 heterocycles. The molecule has 3 nitrogen and oxygen atoms in total. The molecule has 4 aliphatic rings. The molecule has 5 rings (SSSR count). The second-order valence-electron chi connectivity index (χ2n) is 14.1. The van der Waals surface area contributed by atoms with Crippen LogP contribution in [-0.2, 0) is 4.79 Å². The monoisotopic (exact) mass is 630 g/mol. The van der Waals surface area contributed by atoms with E-state index in [1.807, 2.05) is 6.07 Å². The van der Waals surface area contributed by atoms with E-state index in [9.17, 15) is 37.0 Å². The van der Waals surface area contributed by atoms with Gasteiger partial charge in [-0.2, -0.15) is 33.7 Å². The van der Waals surface area contributed by atoms with Gasteiger partial charge in [0.05, 0.1) is 6.10 Å². The van der Waals surface area contributed by atoms with E-state index < -0.39 is 24.6 Å². The topological polar surface area (TPSA) is 57.5 Å². The highest BCUT2D eigenvalue weighted by Gasteiger charge is 2.72. The summed E-state index contributed by atoms with van der Waals surface area (Å²) in [4.78, 5) is 13.3. The van der Waals surface area contributed by atoms with Gasteiger partial charge < -0.3 is 10.2 Å². The van der Waals surface area contributed by atoms with Crippen LogP contribution in [0.1, 0.15) is 126 Å². The number of phenolic OH excluding ortho intramolecular Hbond substituents is 1. The van der Waals surface area contributed by atoms with E-state index in [2.05, 4.69) is 6.92 Å². The third-order valence-corrected chi connectivity index (χ3v) is 12.9. The number of thioether (sulfide) groups is 1. The molecule has 3 saturated carbocycles. The van der Waals surface area contributed by atoms with E-state index in [-0.39, 0.29) is 34.8 Å². The van der Waals surface area contributed by atoms with E-state index in [1.165, 1.54) is 11.8 Å². The molecule has 0 aliphatic heterocycles.